The molecule has 1 unspecified atom stereocenters. The number of para-hydroxylation sites is 1. The van der Waals surface area contributed by atoms with Crippen LogP contribution >= 0.6 is 0 Å². The Kier molecular flexibility index (Phi) is 4.01. The van der Waals surface area contributed by atoms with Crippen molar-refractivity contribution in [3.63, 3.8) is 0 Å². The molecule has 0 bridgehead atoms. The van der Waals surface area contributed by atoms with Gasteiger partial charge in [-0.1, -0.05) is 18.2 Å². The Morgan fingerprint density at radius 3 is 3.00 bits per heavy atom. The van der Waals surface area contributed by atoms with E-state index in [1.54, 1.807) is 0 Å². The molecule has 1 aliphatic carbocycles. The van der Waals surface area contributed by atoms with Crippen LogP contribution in [0.15, 0.2) is 36.5 Å². The average Bonchev–Trinajstić information content (AvgIpc) is 3.33. The zero-order chi connectivity index (χ0) is 18.4. The molecule has 0 saturated heterocycles. The number of aliphatic hydroxyl groups excluding tert-OH is 1. The minimum Gasteiger partial charge on any atom is -0.386 e. The van der Waals surface area contributed by atoms with Crippen molar-refractivity contribution >= 4 is 16.8 Å². The molecule has 5 rings (SSSR count). The van der Waals surface area contributed by atoms with E-state index in [9.17, 15) is 9.90 Å². The summed E-state index contributed by atoms with van der Waals surface area (Å²) >= 11 is 0. The number of aliphatic hydroxyl groups is 1. The van der Waals surface area contributed by atoms with Crippen LogP contribution in [0.1, 0.15) is 42.3 Å². The number of rotatable bonds is 5. The van der Waals surface area contributed by atoms with Gasteiger partial charge in [0.05, 0.1) is 24.5 Å². The molecule has 140 valence electrons. The maximum absolute atomic E-state index is 12.7. The van der Waals surface area contributed by atoms with Crippen LogP contribution in [0.3, 0.4) is 0 Å². The summed E-state index contributed by atoms with van der Waals surface area (Å²) in [5.41, 5.74) is 4.09. The highest BCUT2D eigenvalue weighted by Gasteiger charge is 2.33. The van der Waals surface area contributed by atoms with Crippen molar-refractivity contribution in [1.82, 2.24) is 19.7 Å². The Balaban J connectivity index is 1.24. The molecule has 1 saturated carbocycles. The van der Waals surface area contributed by atoms with Gasteiger partial charge in [0.15, 0.2) is 0 Å². The predicted molar refractivity (Wildman–Crippen MR) is 102 cm³/mol. The fraction of sp³-hybridized carbons (Fsp3) is 0.429. The first-order valence-electron chi connectivity index (χ1n) is 9.76. The van der Waals surface area contributed by atoms with E-state index in [0.717, 1.165) is 36.2 Å². The zero-order valence-corrected chi connectivity index (χ0v) is 15.3. The fourth-order valence-electron chi connectivity index (χ4n) is 4.04. The Morgan fingerprint density at radius 2 is 2.15 bits per heavy atom. The van der Waals surface area contributed by atoms with Crippen molar-refractivity contribution in [2.24, 2.45) is 5.92 Å². The topological polar surface area (TPSA) is 74.2 Å². The van der Waals surface area contributed by atoms with E-state index >= 15 is 0 Å². The van der Waals surface area contributed by atoms with E-state index in [1.165, 1.54) is 10.9 Å². The van der Waals surface area contributed by atoms with Gasteiger partial charge in [0.25, 0.3) is 0 Å². The molecule has 2 aliphatic rings. The fourth-order valence-corrected chi connectivity index (χ4v) is 4.04. The molecule has 1 atom stereocenters. The smallest absolute Gasteiger partial charge is 0.223 e. The Bertz CT molecular complexity index is 985. The number of amides is 1. The van der Waals surface area contributed by atoms with Gasteiger partial charge in [-0.25, -0.2) is 0 Å². The van der Waals surface area contributed by atoms with Crippen LogP contribution in [0.2, 0.25) is 0 Å². The Labute approximate surface area is 157 Å². The SMILES string of the molecule is O=C(CCc1c[nH]c2ccccc12)N1CCn2nc(C(O)C3CC3)cc2C1. The van der Waals surface area contributed by atoms with Crippen molar-refractivity contribution < 1.29 is 9.90 Å². The van der Waals surface area contributed by atoms with Crippen LogP contribution in [0.4, 0.5) is 0 Å². The summed E-state index contributed by atoms with van der Waals surface area (Å²) in [5.74, 6) is 0.549. The third-order valence-electron chi connectivity index (χ3n) is 5.82. The standard InChI is InChI=1S/C21H24N4O2/c26-20(8-7-15-12-22-18-4-2-1-3-17(15)18)24-9-10-25-16(13-24)11-19(23-25)21(27)14-5-6-14/h1-4,11-12,14,21-22,27H,5-10,13H2. The lowest BCUT2D eigenvalue weighted by molar-refractivity contribution is -0.132. The minimum absolute atomic E-state index is 0.178. The summed E-state index contributed by atoms with van der Waals surface area (Å²) in [7, 11) is 0. The molecule has 1 aromatic carbocycles. The first-order chi connectivity index (χ1) is 13.2. The van der Waals surface area contributed by atoms with Crippen molar-refractivity contribution in [2.45, 2.75) is 44.9 Å². The Morgan fingerprint density at radius 1 is 1.30 bits per heavy atom. The van der Waals surface area contributed by atoms with Gasteiger partial charge in [0, 0.05) is 30.1 Å². The van der Waals surface area contributed by atoms with Gasteiger partial charge in [-0.3, -0.25) is 9.48 Å². The molecule has 6 nitrogen and oxygen atoms in total. The van der Waals surface area contributed by atoms with Crippen molar-refractivity contribution in [3.05, 3.63) is 53.5 Å². The van der Waals surface area contributed by atoms with Crippen molar-refractivity contribution in [3.8, 4) is 0 Å². The number of carbonyl (C=O) groups excluding carboxylic acids is 1. The molecule has 27 heavy (non-hydrogen) atoms. The van der Waals surface area contributed by atoms with Gasteiger partial charge in [0.2, 0.25) is 5.91 Å². The van der Waals surface area contributed by atoms with Crippen LogP contribution in [0.25, 0.3) is 10.9 Å². The lowest BCUT2D eigenvalue weighted by Crippen LogP contribution is -2.38. The second-order valence-electron chi connectivity index (χ2n) is 7.74. The second kappa shape index (κ2) is 6.53. The van der Waals surface area contributed by atoms with E-state index < -0.39 is 6.10 Å². The second-order valence-corrected chi connectivity index (χ2v) is 7.74. The normalized spacial score (nSPS) is 17.9. The van der Waals surface area contributed by atoms with Gasteiger partial charge >= 0.3 is 0 Å². The summed E-state index contributed by atoms with van der Waals surface area (Å²) in [6.07, 6.45) is 4.98. The number of nitrogens with one attached hydrogen (secondary N) is 1. The highest BCUT2D eigenvalue weighted by molar-refractivity contribution is 5.84. The van der Waals surface area contributed by atoms with E-state index in [1.807, 2.05) is 34.0 Å². The van der Waals surface area contributed by atoms with Crippen LogP contribution in [-0.2, 0) is 24.3 Å². The summed E-state index contributed by atoms with van der Waals surface area (Å²) in [5, 5.41) is 16.0. The predicted octanol–water partition coefficient (Wildman–Crippen LogP) is 2.78. The van der Waals surface area contributed by atoms with Crippen LogP contribution < -0.4 is 0 Å². The van der Waals surface area contributed by atoms with Crippen LogP contribution in [0, 0.1) is 5.92 Å². The molecule has 6 heteroatoms. The van der Waals surface area contributed by atoms with E-state index in [2.05, 4.69) is 22.2 Å². The van der Waals surface area contributed by atoms with Gasteiger partial charge in [-0.15, -0.1) is 0 Å². The molecule has 1 aliphatic heterocycles. The Hall–Kier alpha value is -2.60. The number of carbonyl (C=O) groups is 1. The molecular weight excluding hydrogens is 340 g/mol. The average molecular weight is 364 g/mol. The van der Waals surface area contributed by atoms with Gasteiger partial charge in [-0.05, 0) is 42.9 Å². The highest BCUT2D eigenvalue weighted by Crippen LogP contribution is 2.40. The van der Waals surface area contributed by atoms with Gasteiger partial charge in [-0.2, -0.15) is 5.10 Å². The summed E-state index contributed by atoms with van der Waals surface area (Å²) in [4.78, 5) is 17.9. The maximum Gasteiger partial charge on any atom is 0.223 e. The third kappa shape index (κ3) is 3.14. The number of H-pyrrole nitrogens is 1. The van der Waals surface area contributed by atoms with E-state index in [0.29, 0.717) is 32.0 Å². The zero-order valence-electron chi connectivity index (χ0n) is 15.3. The first-order valence-corrected chi connectivity index (χ1v) is 9.76. The van der Waals surface area contributed by atoms with Crippen LogP contribution in [-0.4, -0.2) is 37.2 Å². The number of benzene rings is 1. The largest absolute Gasteiger partial charge is 0.386 e. The molecule has 3 aromatic rings. The quantitative estimate of drug-likeness (QED) is 0.731. The van der Waals surface area contributed by atoms with E-state index in [4.69, 9.17) is 0 Å². The molecule has 0 radical (unpaired) electrons. The minimum atomic E-state index is -0.450. The maximum atomic E-state index is 12.7. The van der Waals surface area contributed by atoms with Gasteiger partial charge < -0.3 is 15.0 Å². The number of aryl methyl sites for hydroxylation is 1. The first kappa shape index (κ1) is 16.6. The molecule has 1 fully saturated rings. The van der Waals surface area contributed by atoms with E-state index in [-0.39, 0.29) is 5.91 Å². The number of hydrogen-bond acceptors (Lipinski definition) is 3. The molecule has 2 N–H and O–H groups in total. The lowest BCUT2D eigenvalue weighted by Gasteiger charge is -2.27. The molecule has 3 heterocycles. The highest BCUT2D eigenvalue weighted by atomic mass is 16.3. The molecular formula is C21H24N4O2. The third-order valence-corrected chi connectivity index (χ3v) is 5.82. The van der Waals surface area contributed by atoms with Crippen molar-refractivity contribution in [2.75, 3.05) is 6.54 Å². The number of aromatic amines is 1. The summed E-state index contributed by atoms with van der Waals surface area (Å²) in [6, 6.07) is 10.2. The molecule has 0 spiro atoms. The molecule has 1 amide bonds. The number of hydrogen-bond donors (Lipinski definition) is 2. The molecule has 2 aromatic heterocycles. The van der Waals surface area contributed by atoms with Crippen molar-refractivity contribution in [1.29, 1.82) is 0 Å². The monoisotopic (exact) mass is 364 g/mol. The van der Waals surface area contributed by atoms with Gasteiger partial charge in [0.1, 0.15) is 6.10 Å². The number of nitrogens with zero attached hydrogens (tertiary/aromatic N) is 3. The summed E-state index contributed by atoms with van der Waals surface area (Å²) < 4.78 is 1.95. The number of fused-ring (bicyclic) bond motifs is 2. The number of aromatic nitrogens is 3. The summed E-state index contributed by atoms with van der Waals surface area (Å²) in [6.45, 7) is 1.96. The lowest BCUT2D eigenvalue weighted by atomic mass is 10.1. The van der Waals surface area contributed by atoms with Crippen LogP contribution in [0.5, 0.6) is 0 Å².